The largest absolute Gasteiger partial charge is 0.480 e. The van der Waals surface area contributed by atoms with Crippen LogP contribution in [0.2, 0.25) is 0 Å². The molecule has 1 amide bonds. The van der Waals surface area contributed by atoms with Crippen molar-refractivity contribution in [2.45, 2.75) is 51.2 Å². The molecule has 1 rings (SSSR count). The van der Waals surface area contributed by atoms with Crippen LogP contribution in [0, 0.1) is 0 Å². The fraction of sp³-hybridized carbons (Fsp3) is 0.692. The predicted molar refractivity (Wildman–Crippen MR) is 67.2 cm³/mol. The van der Waals surface area contributed by atoms with Crippen molar-refractivity contribution in [3.05, 3.63) is 12.2 Å². The first kappa shape index (κ1) is 14.7. The summed E-state index contributed by atoms with van der Waals surface area (Å²) < 4.78 is 5.45. The summed E-state index contributed by atoms with van der Waals surface area (Å²) in [5.74, 6) is -1.26. The quantitative estimate of drug-likeness (QED) is 0.705. The number of ether oxygens (including phenoxy) is 1. The van der Waals surface area contributed by atoms with Gasteiger partial charge in [0.25, 0.3) is 0 Å². The van der Waals surface area contributed by atoms with E-state index in [9.17, 15) is 9.59 Å². The van der Waals surface area contributed by atoms with E-state index in [0.717, 1.165) is 19.3 Å². The smallest absolute Gasteiger partial charge is 0.326 e. The molecule has 0 aromatic carbocycles. The molecule has 1 aliphatic heterocycles. The van der Waals surface area contributed by atoms with Crippen molar-refractivity contribution in [3.8, 4) is 0 Å². The van der Waals surface area contributed by atoms with Gasteiger partial charge in [0.2, 0.25) is 5.91 Å². The van der Waals surface area contributed by atoms with Crippen molar-refractivity contribution in [1.82, 2.24) is 5.32 Å². The summed E-state index contributed by atoms with van der Waals surface area (Å²) in [6.07, 6.45) is 6.98. The van der Waals surface area contributed by atoms with E-state index in [1.165, 1.54) is 0 Å². The van der Waals surface area contributed by atoms with E-state index in [2.05, 4.69) is 5.32 Å². The van der Waals surface area contributed by atoms with E-state index in [1.807, 2.05) is 6.92 Å². The molecule has 2 atom stereocenters. The highest BCUT2D eigenvalue weighted by molar-refractivity contribution is 5.83. The molecule has 2 N–H and O–H groups in total. The molecule has 18 heavy (non-hydrogen) atoms. The summed E-state index contributed by atoms with van der Waals surface area (Å²) >= 11 is 0. The fourth-order valence-corrected chi connectivity index (χ4v) is 1.92. The molecule has 0 saturated carbocycles. The Hall–Kier alpha value is -1.36. The van der Waals surface area contributed by atoms with Gasteiger partial charge in [0.05, 0.1) is 12.5 Å². The zero-order valence-corrected chi connectivity index (χ0v) is 10.7. The van der Waals surface area contributed by atoms with E-state index in [0.29, 0.717) is 13.0 Å². The molecule has 0 spiro atoms. The molecular formula is C13H21NO4. The number of carboxylic acids is 1. The minimum atomic E-state index is -1.01. The zero-order chi connectivity index (χ0) is 13.4. The zero-order valence-electron chi connectivity index (χ0n) is 10.7. The number of aliphatic carboxylic acids is 1. The number of hydrogen-bond acceptors (Lipinski definition) is 3. The van der Waals surface area contributed by atoms with Crippen molar-refractivity contribution < 1.29 is 19.4 Å². The SMILES string of the molecule is C/C=C/CC(NC(=O)CC1CCCCO1)C(=O)O. The molecule has 1 saturated heterocycles. The van der Waals surface area contributed by atoms with Crippen LogP contribution in [-0.4, -0.2) is 35.7 Å². The van der Waals surface area contributed by atoms with Crippen LogP contribution in [0.5, 0.6) is 0 Å². The lowest BCUT2D eigenvalue weighted by Crippen LogP contribution is -2.42. The third-order valence-corrected chi connectivity index (χ3v) is 2.93. The topological polar surface area (TPSA) is 75.6 Å². The van der Waals surface area contributed by atoms with Crippen LogP contribution >= 0.6 is 0 Å². The number of carbonyl (C=O) groups excluding carboxylic acids is 1. The first-order chi connectivity index (χ1) is 8.63. The number of carboxylic acid groups (broad SMARTS) is 1. The Balaban J connectivity index is 2.37. The van der Waals surface area contributed by atoms with Crippen molar-refractivity contribution in [3.63, 3.8) is 0 Å². The van der Waals surface area contributed by atoms with Crippen molar-refractivity contribution in [1.29, 1.82) is 0 Å². The van der Waals surface area contributed by atoms with Gasteiger partial charge in [-0.3, -0.25) is 4.79 Å². The normalized spacial score (nSPS) is 21.7. The second-order valence-corrected chi connectivity index (χ2v) is 4.46. The van der Waals surface area contributed by atoms with Crippen LogP contribution in [0.4, 0.5) is 0 Å². The molecule has 1 aliphatic rings. The highest BCUT2D eigenvalue weighted by Gasteiger charge is 2.22. The summed E-state index contributed by atoms with van der Waals surface area (Å²) in [5.41, 5.74) is 0. The van der Waals surface area contributed by atoms with Gasteiger partial charge >= 0.3 is 5.97 Å². The average molecular weight is 255 g/mol. The van der Waals surface area contributed by atoms with E-state index in [-0.39, 0.29) is 18.4 Å². The van der Waals surface area contributed by atoms with Crippen LogP contribution in [0.25, 0.3) is 0 Å². The molecule has 2 unspecified atom stereocenters. The Bertz CT molecular complexity index is 308. The van der Waals surface area contributed by atoms with Gasteiger partial charge in [-0.15, -0.1) is 0 Å². The maximum absolute atomic E-state index is 11.7. The molecule has 0 aromatic rings. The Kier molecular flexibility index (Phi) is 6.43. The van der Waals surface area contributed by atoms with E-state index in [4.69, 9.17) is 9.84 Å². The summed E-state index contributed by atoms with van der Waals surface area (Å²) in [7, 11) is 0. The lowest BCUT2D eigenvalue weighted by Gasteiger charge is -2.22. The Labute approximate surface area is 107 Å². The number of rotatable bonds is 6. The molecule has 0 aromatic heterocycles. The van der Waals surface area contributed by atoms with Crippen molar-refractivity contribution in [2.24, 2.45) is 0 Å². The Morgan fingerprint density at radius 3 is 2.83 bits per heavy atom. The number of hydrogen-bond donors (Lipinski definition) is 2. The van der Waals surface area contributed by atoms with Crippen molar-refractivity contribution >= 4 is 11.9 Å². The van der Waals surface area contributed by atoms with Crippen LogP contribution < -0.4 is 5.32 Å². The van der Waals surface area contributed by atoms with E-state index >= 15 is 0 Å². The third kappa shape index (κ3) is 5.31. The minimum Gasteiger partial charge on any atom is -0.480 e. The first-order valence-electron chi connectivity index (χ1n) is 6.38. The molecule has 1 fully saturated rings. The minimum absolute atomic E-state index is 0.0603. The Morgan fingerprint density at radius 2 is 2.28 bits per heavy atom. The van der Waals surface area contributed by atoms with Gasteiger partial charge in [0, 0.05) is 6.61 Å². The second-order valence-electron chi connectivity index (χ2n) is 4.46. The van der Waals surface area contributed by atoms with E-state index < -0.39 is 12.0 Å². The summed E-state index contributed by atoms with van der Waals surface area (Å²) in [6, 6.07) is -0.850. The maximum Gasteiger partial charge on any atom is 0.326 e. The number of allylic oxidation sites excluding steroid dienone is 1. The van der Waals surface area contributed by atoms with Crippen LogP contribution in [0.1, 0.15) is 39.0 Å². The highest BCUT2D eigenvalue weighted by atomic mass is 16.5. The van der Waals surface area contributed by atoms with Gasteiger partial charge in [-0.2, -0.15) is 0 Å². The predicted octanol–water partition coefficient (Wildman–Crippen LogP) is 1.48. The van der Waals surface area contributed by atoms with Gasteiger partial charge in [0.15, 0.2) is 0 Å². The molecule has 102 valence electrons. The van der Waals surface area contributed by atoms with Gasteiger partial charge in [-0.05, 0) is 32.6 Å². The lowest BCUT2D eigenvalue weighted by atomic mass is 10.1. The van der Waals surface area contributed by atoms with Gasteiger partial charge < -0.3 is 15.2 Å². The van der Waals surface area contributed by atoms with E-state index in [1.54, 1.807) is 12.2 Å². The highest BCUT2D eigenvalue weighted by Crippen LogP contribution is 2.15. The van der Waals surface area contributed by atoms with Gasteiger partial charge in [0.1, 0.15) is 6.04 Å². The van der Waals surface area contributed by atoms with Crippen molar-refractivity contribution in [2.75, 3.05) is 6.61 Å². The number of nitrogens with one attached hydrogen (secondary N) is 1. The third-order valence-electron chi connectivity index (χ3n) is 2.93. The van der Waals surface area contributed by atoms with Gasteiger partial charge in [-0.25, -0.2) is 4.79 Å². The summed E-state index contributed by atoms with van der Waals surface area (Å²) in [5, 5.41) is 11.5. The first-order valence-corrected chi connectivity index (χ1v) is 6.38. The van der Waals surface area contributed by atoms with Crippen LogP contribution in [0.15, 0.2) is 12.2 Å². The number of carbonyl (C=O) groups is 2. The molecular weight excluding hydrogens is 234 g/mol. The molecule has 5 nitrogen and oxygen atoms in total. The molecule has 5 heteroatoms. The lowest BCUT2D eigenvalue weighted by molar-refractivity contribution is -0.142. The Morgan fingerprint density at radius 1 is 1.50 bits per heavy atom. The summed E-state index contributed by atoms with van der Waals surface area (Å²) in [4.78, 5) is 22.7. The standard InChI is InChI=1S/C13H21NO4/c1-2-3-7-11(13(16)17)14-12(15)9-10-6-4-5-8-18-10/h2-3,10-11H,4-9H2,1H3,(H,14,15)(H,16,17)/b3-2+. The molecule has 0 bridgehead atoms. The van der Waals surface area contributed by atoms with Crippen LogP contribution in [-0.2, 0) is 14.3 Å². The second kappa shape index (κ2) is 7.87. The molecule has 0 radical (unpaired) electrons. The molecule has 1 heterocycles. The van der Waals surface area contributed by atoms with Gasteiger partial charge in [-0.1, -0.05) is 12.2 Å². The molecule has 0 aliphatic carbocycles. The maximum atomic E-state index is 11.7. The summed E-state index contributed by atoms with van der Waals surface area (Å²) in [6.45, 7) is 2.51. The monoisotopic (exact) mass is 255 g/mol. The van der Waals surface area contributed by atoms with Crippen LogP contribution in [0.3, 0.4) is 0 Å². The fourth-order valence-electron chi connectivity index (χ4n) is 1.92. The average Bonchev–Trinajstić information content (AvgIpc) is 2.35. The number of amides is 1.